The second-order valence-electron chi connectivity index (χ2n) is 28.3. The molecule has 0 fully saturated rings. The lowest BCUT2D eigenvalue weighted by atomic mass is 10.0. The molecule has 0 saturated heterocycles. The molecule has 0 aliphatic rings. The van der Waals surface area contributed by atoms with Crippen molar-refractivity contribution >= 4 is 7.92 Å². The first-order chi connectivity index (χ1) is 40.8. The smallest absolute Gasteiger partial charge is 0.0326 e. The van der Waals surface area contributed by atoms with Crippen molar-refractivity contribution in [3.05, 3.63) is 0 Å². The Balaban J connectivity index is 4.00. The van der Waals surface area contributed by atoms with Crippen molar-refractivity contribution in [3.8, 4) is 0 Å². The Morgan fingerprint density at radius 2 is 0.171 bits per heavy atom. The van der Waals surface area contributed by atoms with E-state index in [1.165, 1.54) is 462 Å². The van der Waals surface area contributed by atoms with Gasteiger partial charge in [-0.2, -0.15) is 0 Å². The summed E-state index contributed by atoms with van der Waals surface area (Å²) in [7, 11) is 0.293. The van der Waals surface area contributed by atoms with E-state index in [1.807, 2.05) is 0 Å². The van der Waals surface area contributed by atoms with Crippen LogP contribution in [-0.4, -0.2) is 18.5 Å². The van der Waals surface area contributed by atoms with Gasteiger partial charge in [0, 0.05) is 0 Å². The molecule has 1 heteroatoms. The molecule has 0 rings (SSSR count). The molecule has 0 aromatic heterocycles. The monoisotopic (exact) mass is 1170 g/mol. The molecule has 0 nitrogen and oxygen atoms in total. The fraction of sp³-hybridized carbons (Fsp3) is 1.00. The first kappa shape index (κ1) is 82.4. The molecule has 0 saturated carbocycles. The molecule has 0 N–H and O–H groups in total. The van der Waals surface area contributed by atoms with Gasteiger partial charge in [-0.05, 0) is 37.7 Å². The van der Waals surface area contributed by atoms with Crippen molar-refractivity contribution in [2.45, 2.75) is 502 Å². The third kappa shape index (κ3) is 76.5. The Bertz CT molecular complexity index is 906. The minimum Gasteiger partial charge on any atom is -0.107 e. The molecule has 0 aromatic rings. The highest BCUT2D eigenvalue weighted by Gasteiger charge is 2.09. The van der Waals surface area contributed by atoms with Crippen LogP contribution in [0.25, 0.3) is 0 Å². The Labute approximate surface area is 525 Å². The van der Waals surface area contributed by atoms with Crippen LogP contribution in [0.3, 0.4) is 0 Å². The highest BCUT2D eigenvalue weighted by atomic mass is 31.1. The van der Waals surface area contributed by atoms with Crippen LogP contribution in [-0.2, 0) is 0 Å². The van der Waals surface area contributed by atoms with Gasteiger partial charge in [-0.25, -0.2) is 0 Å². The summed E-state index contributed by atoms with van der Waals surface area (Å²) in [6.07, 6.45) is 117. The quantitative estimate of drug-likeness (QED) is 0.0421. The molecule has 0 bridgehead atoms. The SMILES string of the molecule is CCCCCCCCCCCCCCCCCCCCCCCCCCCP(CCCCCCCCCCCCCCCCCCCCCCCCCCC)CCCCCCCCCCCCCCCCCCCCCCCCCCC. The fourth-order valence-corrected chi connectivity index (χ4v) is 16.4. The molecule has 0 spiro atoms. The van der Waals surface area contributed by atoms with Gasteiger partial charge < -0.3 is 0 Å². The zero-order valence-electron chi connectivity index (χ0n) is 58.6. The molecular weight excluding hydrogens is 1000 g/mol. The van der Waals surface area contributed by atoms with Gasteiger partial charge in [0.05, 0.1) is 0 Å². The molecule has 494 valence electrons. The van der Waals surface area contributed by atoms with E-state index in [4.69, 9.17) is 0 Å². The Kier molecular flexibility index (Phi) is 79.9. The summed E-state index contributed by atoms with van der Waals surface area (Å²) in [5.74, 6) is 0. The Hall–Kier alpha value is 0.430. The maximum absolute atomic E-state index is 2.32. The standard InChI is InChI=1S/C81H165P/c1-4-7-10-13-16-19-22-25-28-31-34-37-40-43-46-49-52-55-58-61-64-67-70-73-76-79-82(80-77-74-71-68-65-62-59-56-53-50-47-44-41-38-35-32-29-26-23-20-17-14-11-8-5-2)81-78-75-72-69-66-63-60-57-54-51-48-45-42-39-36-33-30-27-24-21-18-15-12-9-6-3/h4-81H2,1-3H3. The largest absolute Gasteiger partial charge is 0.107 e. The molecular formula is C81H165P. The van der Waals surface area contributed by atoms with Crippen LogP contribution in [0.4, 0.5) is 0 Å². The lowest BCUT2D eigenvalue weighted by Gasteiger charge is -2.18. The molecule has 0 aromatic carbocycles. The summed E-state index contributed by atoms with van der Waals surface area (Å²) >= 11 is 0. The van der Waals surface area contributed by atoms with Gasteiger partial charge in [0.1, 0.15) is 0 Å². The van der Waals surface area contributed by atoms with Crippen LogP contribution in [0.5, 0.6) is 0 Å². The number of rotatable bonds is 78. The van der Waals surface area contributed by atoms with Crippen LogP contribution in [0.1, 0.15) is 502 Å². The van der Waals surface area contributed by atoms with Crippen LogP contribution < -0.4 is 0 Å². The van der Waals surface area contributed by atoms with Gasteiger partial charge in [-0.1, -0.05) is 483 Å². The van der Waals surface area contributed by atoms with Crippen LogP contribution >= 0.6 is 7.92 Å². The highest BCUT2D eigenvalue weighted by molar-refractivity contribution is 7.57. The lowest BCUT2D eigenvalue weighted by molar-refractivity contribution is 0.516. The maximum atomic E-state index is 2.32. The van der Waals surface area contributed by atoms with Crippen molar-refractivity contribution in [2.75, 3.05) is 18.5 Å². The van der Waals surface area contributed by atoms with Crippen LogP contribution in [0, 0.1) is 0 Å². The maximum Gasteiger partial charge on any atom is -0.0326 e. The zero-order chi connectivity index (χ0) is 58.7. The van der Waals surface area contributed by atoms with Crippen LogP contribution in [0.15, 0.2) is 0 Å². The Morgan fingerprint density at radius 3 is 0.256 bits per heavy atom. The van der Waals surface area contributed by atoms with E-state index in [0.29, 0.717) is 7.92 Å². The Morgan fingerprint density at radius 1 is 0.0976 bits per heavy atom. The summed E-state index contributed by atoms with van der Waals surface area (Å²) in [6, 6.07) is 0. The average Bonchev–Trinajstić information content (AvgIpc) is 3.48. The summed E-state index contributed by atoms with van der Waals surface area (Å²) in [5.41, 5.74) is 0. The summed E-state index contributed by atoms with van der Waals surface area (Å²) in [4.78, 5) is 0. The first-order valence-electron chi connectivity index (χ1n) is 40.6. The predicted octanol–water partition coefficient (Wildman–Crippen LogP) is 31.8. The second kappa shape index (κ2) is 79.4. The number of hydrogen-bond donors (Lipinski definition) is 0. The van der Waals surface area contributed by atoms with Gasteiger partial charge in [0.25, 0.3) is 0 Å². The number of unbranched alkanes of at least 4 members (excludes halogenated alkanes) is 72. The molecule has 0 radical (unpaired) electrons. The zero-order valence-corrected chi connectivity index (χ0v) is 59.5. The van der Waals surface area contributed by atoms with Gasteiger partial charge >= 0.3 is 0 Å². The van der Waals surface area contributed by atoms with Crippen molar-refractivity contribution in [3.63, 3.8) is 0 Å². The molecule has 0 heterocycles. The summed E-state index contributed by atoms with van der Waals surface area (Å²) < 4.78 is 0. The molecule has 0 amide bonds. The van der Waals surface area contributed by atoms with Gasteiger partial charge in [0.2, 0.25) is 0 Å². The average molecular weight is 1170 g/mol. The van der Waals surface area contributed by atoms with Gasteiger partial charge in [-0.15, -0.1) is 7.92 Å². The highest BCUT2D eigenvalue weighted by Crippen LogP contribution is 2.39. The van der Waals surface area contributed by atoms with Gasteiger partial charge in [0.15, 0.2) is 0 Å². The predicted molar refractivity (Wildman–Crippen MR) is 385 cm³/mol. The molecule has 82 heavy (non-hydrogen) atoms. The van der Waals surface area contributed by atoms with E-state index < -0.39 is 0 Å². The van der Waals surface area contributed by atoms with Crippen molar-refractivity contribution in [2.24, 2.45) is 0 Å². The third-order valence-electron chi connectivity index (χ3n) is 19.7. The minimum atomic E-state index is 0.293. The fourth-order valence-electron chi connectivity index (χ4n) is 13.8. The van der Waals surface area contributed by atoms with Crippen molar-refractivity contribution in [1.29, 1.82) is 0 Å². The van der Waals surface area contributed by atoms with E-state index in [0.717, 1.165) is 0 Å². The summed E-state index contributed by atoms with van der Waals surface area (Å²) in [6.45, 7) is 6.97. The lowest BCUT2D eigenvalue weighted by Crippen LogP contribution is -1.97. The van der Waals surface area contributed by atoms with E-state index >= 15 is 0 Å². The van der Waals surface area contributed by atoms with Crippen molar-refractivity contribution in [1.82, 2.24) is 0 Å². The van der Waals surface area contributed by atoms with E-state index in [1.54, 1.807) is 37.7 Å². The molecule has 0 aliphatic heterocycles. The topological polar surface area (TPSA) is 0 Å². The summed E-state index contributed by atoms with van der Waals surface area (Å²) in [5, 5.41) is 0. The normalized spacial score (nSPS) is 11.9. The van der Waals surface area contributed by atoms with E-state index in [2.05, 4.69) is 20.8 Å². The number of hydrogen-bond acceptors (Lipinski definition) is 0. The van der Waals surface area contributed by atoms with Gasteiger partial charge in [-0.3, -0.25) is 0 Å². The molecule has 0 unspecified atom stereocenters. The van der Waals surface area contributed by atoms with E-state index in [9.17, 15) is 0 Å². The first-order valence-corrected chi connectivity index (χ1v) is 42.5. The van der Waals surface area contributed by atoms with Crippen molar-refractivity contribution < 1.29 is 0 Å². The minimum absolute atomic E-state index is 0.293. The third-order valence-corrected chi connectivity index (χ3v) is 22.6. The van der Waals surface area contributed by atoms with E-state index in [-0.39, 0.29) is 0 Å². The molecule has 0 atom stereocenters. The van der Waals surface area contributed by atoms with Crippen LogP contribution in [0.2, 0.25) is 0 Å². The molecule has 0 aliphatic carbocycles. The second-order valence-corrected chi connectivity index (χ2v) is 31.0.